The summed E-state index contributed by atoms with van der Waals surface area (Å²) >= 11 is 0. The van der Waals surface area contributed by atoms with Crippen LogP contribution in [0, 0.1) is 5.92 Å². The zero-order valence-electron chi connectivity index (χ0n) is 23.0. The molecule has 0 aromatic heterocycles. The van der Waals surface area contributed by atoms with Crippen LogP contribution in [0.4, 0.5) is 4.79 Å². The Kier molecular flexibility index (Phi) is 13.7. The molecule has 0 aliphatic heterocycles. The van der Waals surface area contributed by atoms with E-state index in [9.17, 15) is 14.2 Å². The fourth-order valence-electron chi connectivity index (χ4n) is 3.58. The maximum atomic E-state index is 14.3. The highest BCUT2D eigenvalue weighted by Crippen LogP contribution is 2.58. The largest absolute Gasteiger partial charge is 0.444 e. The number of nitrogens with one attached hydrogen (secondary N) is 2. The molecule has 1 aromatic rings. The minimum absolute atomic E-state index is 0.153. The summed E-state index contributed by atoms with van der Waals surface area (Å²) in [7, 11) is -3.71. The lowest BCUT2D eigenvalue weighted by atomic mass is 10.0. The predicted octanol–water partition coefficient (Wildman–Crippen LogP) is 5.28. The fraction of sp³-hybridized carbons (Fsp3) is 0.692. The highest BCUT2D eigenvalue weighted by Gasteiger charge is 2.47. The van der Waals surface area contributed by atoms with Gasteiger partial charge in [0.2, 0.25) is 11.9 Å². The lowest BCUT2D eigenvalue weighted by molar-refractivity contribution is -0.124. The predicted molar refractivity (Wildman–Crippen MR) is 141 cm³/mol. The summed E-state index contributed by atoms with van der Waals surface area (Å²) in [5.74, 6) is -1.62. The Labute approximate surface area is 216 Å². The van der Waals surface area contributed by atoms with E-state index in [1.165, 1.54) is 0 Å². The van der Waals surface area contributed by atoms with Crippen LogP contribution >= 0.6 is 7.37 Å². The third kappa shape index (κ3) is 10.2. The van der Waals surface area contributed by atoms with Crippen molar-refractivity contribution < 1.29 is 32.9 Å². The van der Waals surface area contributed by atoms with E-state index >= 15 is 0 Å². The van der Waals surface area contributed by atoms with Gasteiger partial charge in [0.15, 0.2) is 0 Å². The first-order chi connectivity index (χ1) is 16.9. The number of alkyl carbamates (subject to hydrolysis) is 1. The molecule has 10 heteroatoms. The molecule has 0 aliphatic rings. The zero-order chi connectivity index (χ0) is 27.4. The van der Waals surface area contributed by atoms with Crippen LogP contribution in [-0.2, 0) is 34.5 Å². The van der Waals surface area contributed by atoms with Crippen molar-refractivity contribution in [2.24, 2.45) is 5.92 Å². The molecular formula is C26H45N2O7P. The third-order valence-corrected chi connectivity index (χ3v) is 8.36. The lowest BCUT2D eigenvalue weighted by Gasteiger charge is -2.36. The Balaban J connectivity index is 3.35. The van der Waals surface area contributed by atoms with Gasteiger partial charge in [0.05, 0.1) is 6.61 Å². The van der Waals surface area contributed by atoms with E-state index in [0.29, 0.717) is 6.42 Å². The number of amides is 2. The second-order valence-corrected chi connectivity index (χ2v) is 12.0. The fourth-order valence-corrected chi connectivity index (χ4v) is 6.47. The Bertz CT molecular complexity index is 838. The number of carbonyl (C=O) groups is 2. The average molecular weight is 529 g/mol. The molecule has 206 valence electrons. The maximum absolute atomic E-state index is 14.3. The molecule has 0 heterocycles. The minimum atomic E-state index is -3.71. The van der Waals surface area contributed by atoms with Crippen molar-refractivity contribution in [3.8, 4) is 0 Å². The van der Waals surface area contributed by atoms with Crippen LogP contribution in [-0.4, -0.2) is 55.3 Å². The molecule has 1 aromatic carbocycles. The molecule has 1 rings (SSSR count). The summed E-state index contributed by atoms with van der Waals surface area (Å²) in [6.45, 7) is 15.0. The zero-order valence-corrected chi connectivity index (χ0v) is 23.9. The normalized spacial score (nSPS) is 16.0. The number of rotatable bonds is 15. The molecule has 2 amide bonds. The number of carbonyl (C=O) groups excluding carboxylic acids is 2. The molecular weight excluding hydrogens is 483 g/mol. The van der Waals surface area contributed by atoms with Crippen LogP contribution in [0.3, 0.4) is 0 Å². The second kappa shape index (κ2) is 15.4. The smallest absolute Gasteiger partial charge is 0.408 e. The van der Waals surface area contributed by atoms with E-state index in [0.717, 1.165) is 5.56 Å². The minimum Gasteiger partial charge on any atom is -0.444 e. The SMILES string of the molecule is CCOC(OCC)P(=O)(OCC)[C@H](NC(=O)[C@H](Cc1ccccc1)NC(=O)OC(C)(C)C)[C@@H](C)CC. The molecule has 0 bridgehead atoms. The summed E-state index contributed by atoms with van der Waals surface area (Å²) in [6.07, 6.45) is 0.127. The van der Waals surface area contributed by atoms with Gasteiger partial charge in [0, 0.05) is 19.6 Å². The molecule has 1 unspecified atom stereocenters. The van der Waals surface area contributed by atoms with Crippen molar-refractivity contribution in [1.29, 1.82) is 0 Å². The average Bonchev–Trinajstić information content (AvgIpc) is 2.80. The Morgan fingerprint density at radius 3 is 2.00 bits per heavy atom. The molecule has 0 fully saturated rings. The Morgan fingerprint density at radius 1 is 0.944 bits per heavy atom. The summed E-state index contributed by atoms with van der Waals surface area (Å²) in [6, 6.07) is 7.23. The molecule has 36 heavy (non-hydrogen) atoms. The first-order valence-corrected chi connectivity index (χ1v) is 14.5. The maximum Gasteiger partial charge on any atom is 0.408 e. The van der Waals surface area contributed by atoms with Gasteiger partial charge in [-0.05, 0) is 53.0 Å². The van der Waals surface area contributed by atoms with E-state index in [1.54, 1.807) is 41.5 Å². The highest BCUT2D eigenvalue weighted by molar-refractivity contribution is 7.60. The van der Waals surface area contributed by atoms with Gasteiger partial charge in [0.25, 0.3) is 7.37 Å². The van der Waals surface area contributed by atoms with E-state index < -0.39 is 42.8 Å². The van der Waals surface area contributed by atoms with Crippen LogP contribution in [0.1, 0.15) is 67.4 Å². The lowest BCUT2D eigenvalue weighted by Crippen LogP contribution is -2.53. The van der Waals surface area contributed by atoms with Crippen molar-refractivity contribution in [1.82, 2.24) is 10.6 Å². The van der Waals surface area contributed by atoms with Crippen molar-refractivity contribution in [3.05, 3.63) is 35.9 Å². The molecule has 0 radical (unpaired) electrons. The van der Waals surface area contributed by atoms with Crippen LogP contribution in [0.2, 0.25) is 0 Å². The van der Waals surface area contributed by atoms with Crippen molar-refractivity contribution in [2.75, 3.05) is 19.8 Å². The van der Waals surface area contributed by atoms with Gasteiger partial charge < -0.3 is 29.4 Å². The first-order valence-electron chi connectivity index (χ1n) is 12.7. The van der Waals surface area contributed by atoms with Crippen molar-refractivity contribution in [3.63, 3.8) is 0 Å². The molecule has 0 spiro atoms. The van der Waals surface area contributed by atoms with E-state index in [1.807, 2.05) is 44.2 Å². The van der Waals surface area contributed by atoms with Crippen molar-refractivity contribution in [2.45, 2.75) is 91.7 Å². The van der Waals surface area contributed by atoms with Gasteiger partial charge in [-0.2, -0.15) is 0 Å². The van der Waals surface area contributed by atoms with Gasteiger partial charge in [-0.1, -0.05) is 50.6 Å². The Morgan fingerprint density at radius 2 is 1.53 bits per heavy atom. The van der Waals surface area contributed by atoms with Crippen LogP contribution < -0.4 is 10.6 Å². The second-order valence-electron chi connectivity index (χ2n) is 9.51. The van der Waals surface area contributed by atoms with Gasteiger partial charge in [-0.15, -0.1) is 0 Å². The van der Waals surface area contributed by atoms with Gasteiger partial charge in [0.1, 0.15) is 17.4 Å². The number of hydrogen-bond acceptors (Lipinski definition) is 7. The van der Waals surface area contributed by atoms with Crippen molar-refractivity contribution >= 4 is 19.4 Å². The van der Waals surface area contributed by atoms with Crippen LogP contribution in [0.25, 0.3) is 0 Å². The molecule has 0 saturated carbocycles. The van der Waals surface area contributed by atoms with E-state index in [2.05, 4.69) is 10.6 Å². The van der Waals surface area contributed by atoms with Gasteiger partial charge >= 0.3 is 6.09 Å². The summed E-state index contributed by atoms with van der Waals surface area (Å²) in [5, 5.41) is 5.60. The Hall–Kier alpha value is -1.93. The van der Waals surface area contributed by atoms with Crippen LogP contribution in [0.15, 0.2) is 30.3 Å². The summed E-state index contributed by atoms with van der Waals surface area (Å²) < 4.78 is 36.9. The topological polar surface area (TPSA) is 112 Å². The molecule has 0 aliphatic carbocycles. The van der Waals surface area contributed by atoms with E-state index in [-0.39, 0.29) is 32.2 Å². The highest BCUT2D eigenvalue weighted by atomic mass is 31.2. The molecule has 9 nitrogen and oxygen atoms in total. The number of benzene rings is 1. The molecule has 2 N–H and O–H groups in total. The summed E-state index contributed by atoms with van der Waals surface area (Å²) in [4.78, 5) is 26.2. The van der Waals surface area contributed by atoms with Gasteiger partial charge in [-0.25, -0.2) is 4.79 Å². The van der Waals surface area contributed by atoms with Crippen LogP contribution in [0.5, 0.6) is 0 Å². The number of hydrogen-bond donors (Lipinski definition) is 2. The van der Waals surface area contributed by atoms with E-state index in [4.69, 9.17) is 18.7 Å². The monoisotopic (exact) mass is 528 g/mol. The van der Waals surface area contributed by atoms with Gasteiger partial charge in [-0.3, -0.25) is 9.36 Å². The molecule has 0 saturated heterocycles. The standard InChI is InChI=1S/C26H45N2O7P/c1-9-19(5)23(36(31,34-12-4)25(32-10-2)33-11-3)28-22(29)21(18-20-16-14-13-15-17-20)27-24(30)35-26(6,7)8/h13-17,19,21,23,25H,9-12,18H2,1-8H3,(H,27,30)(H,28,29)/t19-,21-,23-,36?/m0/s1. The quantitative estimate of drug-likeness (QED) is 0.235. The molecule has 4 atom stereocenters. The number of ether oxygens (including phenoxy) is 3. The summed E-state index contributed by atoms with van der Waals surface area (Å²) in [5.41, 5.74) is 0.118. The third-order valence-electron chi connectivity index (χ3n) is 5.39. The first kappa shape index (κ1) is 32.1.